The monoisotopic (exact) mass is 274 g/mol. The number of nitrogens with one attached hydrogen (secondary N) is 1. The normalized spacial score (nSPS) is 20.4. The lowest BCUT2D eigenvalue weighted by molar-refractivity contribution is -0.385. The Morgan fingerprint density at radius 2 is 2.30 bits per heavy atom. The van der Waals surface area contributed by atoms with Crippen LogP contribution in [-0.4, -0.2) is 27.0 Å². The van der Waals surface area contributed by atoms with Crippen molar-refractivity contribution in [3.63, 3.8) is 0 Å². The highest BCUT2D eigenvalue weighted by Crippen LogP contribution is 2.23. The number of rotatable bonds is 4. The molecule has 102 valence electrons. The van der Waals surface area contributed by atoms with E-state index in [9.17, 15) is 14.9 Å². The largest absolute Gasteiger partial charge is 0.481 e. The summed E-state index contributed by atoms with van der Waals surface area (Å²) in [6.07, 6.45) is 3.65. The van der Waals surface area contributed by atoms with Crippen molar-refractivity contribution in [2.45, 2.75) is 12.5 Å². The quantitative estimate of drug-likeness (QED) is 0.480. The molecule has 0 aliphatic heterocycles. The Balaban J connectivity index is 2.12. The van der Waals surface area contributed by atoms with Crippen molar-refractivity contribution in [3.05, 3.63) is 40.1 Å². The number of aliphatic carboxylic acids is 1. The van der Waals surface area contributed by atoms with E-state index in [1.54, 1.807) is 18.2 Å². The Morgan fingerprint density at radius 1 is 1.55 bits per heavy atom. The fourth-order valence-corrected chi connectivity index (χ4v) is 1.94. The molecule has 1 heterocycles. The van der Waals surface area contributed by atoms with Gasteiger partial charge in [0.2, 0.25) is 5.69 Å². The average molecular weight is 274 g/mol. The Hall–Kier alpha value is -2.95. The number of aromatic nitrogens is 1. The van der Waals surface area contributed by atoms with Crippen LogP contribution in [0.15, 0.2) is 24.3 Å². The third-order valence-electron chi connectivity index (χ3n) is 2.91. The number of carboxylic acids is 1. The van der Waals surface area contributed by atoms with Crippen molar-refractivity contribution in [2.24, 2.45) is 5.92 Å². The number of carboxylic acid groups (broad SMARTS) is 1. The van der Waals surface area contributed by atoms with Gasteiger partial charge in [-0.05, 0) is 12.5 Å². The zero-order valence-electron chi connectivity index (χ0n) is 10.2. The van der Waals surface area contributed by atoms with Gasteiger partial charge in [-0.1, -0.05) is 12.2 Å². The molecule has 2 rings (SSSR count). The summed E-state index contributed by atoms with van der Waals surface area (Å²) >= 11 is 0. The van der Waals surface area contributed by atoms with Crippen LogP contribution < -0.4 is 5.32 Å². The van der Waals surface area contributed by atoms with Gasteiger partial charge >= 0.3 is 11.7 Å². The van der Waals surface area contributed by atoms with E-state index < -0.39 is 16.8 Å². The third kappa shape index (κ3) is 2.72. The Labute approximate surface area is 113 Å². The first-order valence-corrected chi connectivity index (χ1v) is 5.74. The minimum absolute atomic E-state index is 0.225. The molecule has 0 aromatic carbocycles. The van der Waals surface area contributed by atoms with Crippen LogP contribution in [0.4, 0.5) is 11.5 Å². The van der Waals surface area contributed by atoms with Crippen molar-refractivity contribution < 1.29 is 14.8 Å². The van der Waals surface area contributed by atoms with E-state index in [0.717, 1.165) is 0 Å². The fraction of sp³-hybridized carbons (Fsp3) is 0.250. The highest BCUT2D eigenvalue weighted by Gasteiger charge is 2.25. The maximum absolute atomic E-state index is 10.8. The fourth-order valence-electron chi connectivity index (χ4n) is 1.94. The number of nitrogens with zero attached hydrogens (tertiary/aromatic N) is 3. The predicted octanol–water partition coefficient (Wildman–Crippen LogP) is 1.30. The highest BCUT2D eigenvalue weighted by molar-refractivity contribution is 5.73. The molecular formula is C12H10N4O4. The Bertz CT molecular complexity index is 635. The van der Waals surface area contributed by atoms with Crippen LogP contribution in [0.3, 0.4) is 0 Å². The summed E-state index contributed by atoms with van der Waals surface area (Å²) in [5.41, 5.74) is -0.639. The maximum Gasteiger partial charge on any atom is 0.310 e. The first kappa shape index (κ1) is 13.5. The number of nitro groups is 1. The molecule has 2 atom stereocenters. The molecule has 2 unspecified atom stereocenters. The summed E-state index contributed by atoms with van der Waals surface area (Å²) in [7, 11) is 0. The molecular weight excluding hydrogens is 264 g/mol. The molecule has 0 amide bonds. The van der Waals surface area contributed by atoms with Gasteiger partial charge in [0, 0.05) is 12.1 Å². The van der Waals surface area contributed by atoms with Gasteiger partial charge < -0.3 is 10.4 Å². The predicted molar refractivity (Wildman–Crippen MR) is 67.9 cm³/mol. The zero-order chi connectivity index (χ0) is 14.7. The first-order chi connectivity index (χ1) is 9.51. The van der Waals surface area contributed by atoms with Crippen LogP contribution in [0.1, 0.15) is 12.1 Å². The summed E-state index contributed by atoms with van der Waals surface area (Å²) in [6.45, 7) is 0. The van der Waals surface area contributed by atoms with E-state index in [4.69, 9.17) is 10.4 Å². The lowest BCUT2D eigenvalue weighted by Crippen LogP contribution is -2.19. The molecule has 1 aliphatic carbocycles. The van der Waals surface area contributed by atoms with Crippen LogP contribution >= 0.6 is 0 Å². The average Bonchev–Trinajstić information content (AvgIpc) is 2.87. The Morgan fingerprint density at radius 3 is 2.85 bits per heavy atom. The molecule has 1 aliphatic rings. The zero-order valence-corrected chi connectivity index (χ0v) is 10.2. The molecule has 20 heavy (non-hydrogen) atoms. The van der Waals surface area contributed by atoms with Crippen molar-refractivity contribution in [1.29, 1.82) is 5.26 Å². The van der Waals surface area contributed by atoms with Gasteiger partial charge in [-0.15, -0.1) is 0 Å². The number of anilines is 1. The molecule has 0 saturated carbocycles. The summed E-state index contributed by atoms with van der Waals surface area (Å²) in [5.74, 6) is -1.16. The highest BCUT2D eigenvalue weighted by atomic mass is 16.6. The maximum atomic E-state index is 10.8. The van der Waals surface area contributed by atoms with Gasteiger partial charge in [0.05, 0.1) is 10.8 Å². The second-order valence-corrected chi connectivity index (χ2v) is 4.25. The van der Waals surface area contributed by atoms with E-state index in [-0.39, 0.29) is 17.4 Å². The van der Waals surface area contributed by atoms with E-state index in [0.29, 0.717) is 12.2 Å². The summed E-state index contributed by atoms with van der Waals surface area (Å²) in [6, 6.07) is 4.02. The van der Waals surface area contributed by atoms with Crippen LogP contribution in [0.25, 0.3) is 0 Å². The molecule has 8 nitrogen and oxygen atoms in total. The topological polar surface area (TPSA) is 129 Å². The van der Waals surface area contributed by atoms with Gasteiger partial charge in [0.15, 0.2) is 0 Å². The van der Waals surface area contributed by atoms with E-state index in [2.05, 4.69) is 10.3 Å². The van der Waals surface area contributed by atoms with Crippen molar-refractivity contribution in [3.8, 4) is 6.07 Å². The molecule has 0 radical (unpaired) electrons. The van der Waals surface area contributed by atoms with Crippen LogP contribution in [0, 0.1) is 27.4 Å². The molecule has 1 aromatic heterocycles. The van der Waals surface area contributed by atoms with Crippen molar-refractivity contribution >= 4 is 17.5 Å². The number of carbonyl (C=O) groups is 1. The standard InChI is InChI=1S/C12H10N4O4/c13-6-9-10(16(19)20)3-4-11(15-9)14-8-2-1-7(5-8)12(17)18/h1-4,7-8H,5H2,(H,14,15)(H,17,18). The van der Waals surface area contributed by atoms with Crippen LogP contribution in [0.2, 0.25) is 0 Å². The minimum Gasteiger partial charge on any atom is -0.481 e. The summed E-state index contributed by atoms with van der Waals surface area (Å²) in [4.78, 5) is 24.7. The van der Waals surface area contributed by atoms with Crippen LogP contribution in [0.5, 0.6) is 0 Å². The molecule has 0 saturated heterocycles. The second kappa shape index (κ2) is 5.36. The molecule has 0 spiro atoms. The number of hydrogen-bond donors (Lipinski definition) is 2. The number of hydrogen-bond acceptors (Lipinski definition) is 6. The van der Waals surface area contributed by atoms with Crippen molar-refractivity contribution in [2.75, 3.05) is 5.32 Å². The van der Waals surface area contributed by atoms with Gasteiger partial charge in [-0.25, -0.2) is 4.98 Å². The summed E-state index contributed by atoms with van der Waals surface area (Å²) in [5, 5.41) is 31.3. The van der Waals surface area contributed by atoms with Gasteiger partial charge in [0.1, 0.15) is 11.9 Å². The first-order valence-electron chi connectivity index (χ1n) is 5.74. The Kier molecular flexibility index (Phi) is 3.61. The lowest BCUT2D eigenvalue weighted by atomic mass is 10.1. The minimum atomic E-state index is -0.903. The number of nitriles is 1. The van der Waals surface area contributed by atoms with Gasteiger partial charge in [0.25, 0.3) is 0 Å². The second-order valence-electron chi connectivity index (χ2n) is 4.25. The van der Waals surface area contributed by atoms with Gasteiger partial charge in [-0.2, -0.15) is 5.26 Å². The van der Waals surface area contributed by atoms with Crippen LogP contribution in [-0.2, 0) is 4.79 Å². The van der Waals surface area contributed by atoms with Crippen molar-refractivity contribution in [1.82, 2.24) is 4.98 Å². The molecule has 8 heteroatoms. The molecule has 0 bridgehead atoms. The third-order valence-corrected chi connectivity index (χ3v) is 2.91. The van der Waals surface area contributed by atoms with E-state index in [1.807, 2.05) is 0 Å². The molecule has 1 aromatic rings. The number of pyridine rings is 1. The lowest BCUT2D eigenvalue weighted by Gasteiger charge is -2.12. The molecule has 0 fully saturated rings. The molecule has 2 N–H and O–H groups in total. The smallest absolute Gasteiger partial charge is 0.310 e. The van der Waals surface area contributed by atoms with Gasteiger partial charge in [-0.3, -0.25) is 14.9 Å². The van der Waals surface area contributed by atoms with E-state index in [1.165, 1.54) is 12.1 Å². The summed E-state index contributed by atoms with van der Waals surface area (Å²) < 4.78 is 0. The SMILES string of the molecule is N#Cc1nc(NC2C=CC(C(=O)O)C2)ccc1[N+](=O)[O-]. The van der Waals surface area contributed by atoms with E-state index >= 15 is 0 Å².